The van der Waals surface area contributed by atoms with E-state index in [9.17, 15) is 0 Å². The Balaban J connectivity index is 1.03. The summed E-state index contributed by atoms with van der Waals surface area (Å²) < 4.78 is 0. The van der Waals surface area contributed by atoms with Crippen molar-refractivity contribution in [2.45, 2.75) is 76.7 Å². The zero-order valence-corrected chi connectivity index (χ0v) is 39.8. The molecule has 1 saturated carbocycles. The van der Waals surface area contributed by atoms with Gasteiger partial charge in [0.25, 0.3) is 6.71 Å². The van der Waals surface area contributed by atoms with Crippen LogP contribution in [0.25, 0.3) is 33.0 Å². The number of anilines is 8. The number of fused-ring (bicyclic) bond motifs is 8. The van der Waals surface area contributed by atoms with Crippen molar-refractivity contribution in [3.63, 3.8) is 0 Å². The fourth-order valence-electron chi connectivity index (χ4n) is 12.9. The third-order valence-corrected chi connectivity index (χ3v) is 16.5. The fourth-order valence-corrected chi connectivity index (χ4v) is 12.9. The molecule has 0 N–H and O–H groups in total. The van der Waals surface area contributed by atoms with E-state index in [2.05, 4.69) is 250 Å². The second-order valence-electron chi connectivity index (χ2n) is 21.2. The van der Waals surface area contributed by atoms with Crippen molar-refractivity contribution < 1.29 is 0 Å². The zero-order chi connectivity index (χ0) is 45.9. The fraction of sp³-hybridized carbons (Fsp3) is 0.188. The summed E-state index contributed by atoms with van der Waals surface area (Å²) in [7, 11) is 0. The molecular weight excluding hydrogens is 822 g/mol. The summed E-state index contributed by atoms with van der Waals surface area (Å²) in [5, 5.41) is 2.48. The van der Waals surface area contributed by atoms with Crippen LogP contribution in [0.5, 0.6) is 0 Å². The lowest BCUT2D eigenvalue weighted by molar-refractivity contribution is 0.195. The molecule has 13 rings (SSSR count). The van der Waals surface area contributed by atoms with Crippen molar-refractivity contribution in [2.75, 3.05) is 14.7 Å². The smallest absolute Gasteiger partial charge is 0.252 e. The van der Waals surface area contributed by atoms with Crippen LogP contribution in [-0.2, 0) is 10.8 Å². The summed E-state index contributed by atoms with van der Waals surface area (Å²) in [6.45, 7) is 12.1. The quantitative estimate of drug-likeness (QED) is 0.154. The van der Waals surface area contributed by atoms with E-state index >= 15 is 0 Å². The van der Waals surface area contributed by atoms with Crippen LogP contribution in [0.1, 0.15) is 71.4 Å². The molecule has 4 aliphatic rings. The van der Waals surface area contributed by atoms with Gasteiger partial charge < -0.3 is 14.7 Å². The van der Waals surface area contributed by atoms with E-state index in [1.165, 1.54) is 115 Å². The summed E-state index contributed by atoms with van der Waals surface area (Å²) in [5.74, 6) is 0. The van der Waals surface area contributed by atoms with E-state index in [1.54, 1.807) is 0 Å². The average Bonchev–Trinajstić information content (AvgIpc) is 3.59. The first-order valence-electron chi connectivity index (χ1n) is 24.8. The van der Waals surface area contributed by atoms with E-state index < -0.39 is 0 Å². The molecule has 3 nitrogen and oxygen atoms in total. The predicted molar refractivity (Wildman–Crippen MR) is 290 cm³/mol. The molecule has 0 amide bonds. The van der Waals surface area contributed by atoms with E-state index in [-0.39, 0.29) is 23.1 Å². The minimum absolute atomic E-state index is 0.00177. The average molecular weight is 878 g/mol. The first-order valence-corrected chi connectivity index (χ1v) is 24.8. The Morgan fingerprint density at radius 3 is 2.00 bits per heavy atom. The molecule has 1 aliphatic carbocycles. The third kappa shape index (κ3) is 5.99. The van der Waals surface area contributed by atoms with Gasteiger partial charge in [0.15, 0.2) is 0 Å². The van der Waals surface area contributed by atoms with Crippen molar-refractivity contribution in [3.8, 4) is 22.3 Å². The highest BCUT2D eigenvalue weighted by Crippen LogP contribution is 2.61. The standard InChI is InChI=1S/C64H56BN3/c1-62(2,3)47-31-33-49(34-32-47)66(50-25-16-22-45(40-50)53-41-46(43-19-8-6-9-20-43)39-44-21-12-13-26-52(44)53)51-35-36-55-59(42-51)67(48-23-10-7-11-24-48)57-29-18-30-58-60(57)65(55)56-28-17-27-54-61(56)68(58)64(5)38-15-14-37-63(54,64)4/h6-13,16-36,39-42H,14-15,37-38H2,1-5H3. The van der Waals surface area contributed by atoms with Gasteiger partial charge in [0, 0.05) is 50.9 Å². The maximum Gasteiger partial charge on any atom is 0.252 e. The van der Waals surface area contributed by atoms with Gasteiger partial charge in [-0.15, -0.1) is 0 Å². The first-order chi connectivity index (χ1) is 33.1. The molecule has 68 heavy (non-hydrogen) atoms. The number of hydrogen-bond acceptors (Lipinski definition) is 3. The molecule has 2 atom stereocenters. The van der Waals surface area contributed by atoms with Crippen LogP contribution >= 0.6 is 0 Å². The molecule has 9 aromatic carbocycles. The summed E-state index contributed by atoms with van der Waals surface area (Å²) in [4.78, 5) is 7.84. The maximum absolute atomic E-state index is 2.81. The lowest BCUT2D eigenvalue weighted by Gasteiger charge is -2.52. The molecule has 1 fully saturated rings. The van der Waals surface area contributed by atoms with Gasteiger partial charge in [-0.05, 0) is 159 Å². The number of nitrogens with zero attached hydrogens (tertiary/aromatic N) is 3. The molecule has 0 aromatic heterocycles. The normalized spacial score (nSPS) is 18.8. The minimum Gasteiger partial charge on any atom is -0.335 e. The number of hydrogen-bond donors (Lipinski definition) is 0. The van der Waals surface area contributed by atoms with Crippen molar-refractivity contribution in [1.82, 2.24) is 0 Å². The lowest BCUT2D eigenvalue weighted by Crippen LogP contribution is -2.64. The highest BCUT2D eigenvalue weighted by atomic mass is 15.3. The van der Waals surface area contributed by atoms with E-state index in [0.29, 0.717) is 0 Å². The first kappa shape index (κ1) is 40.9. The highest BCUT2D eigenvalue weighted by molar-refractivity contribution is 7.00. The van der Waals surface area contributed by atoms with Crippen LogP contribution in [-0.4, -0.2) is 12.3 Å². The predicted octanol–water partition coefficient (Wildman–Crippen LogP) is 15.3. The Morgan fingerprint density at radius 2 is 1.19 bits per heavy atom. The van der Waals surface area contributed by atoms with Crippen molar-refractivity contribution in [2.24, 2.45) is 0 Å². The molecular formula is C64H56BN3. The van der Waals surface area contributed by atoms with Crippen LogP contribution < -0.4 is 31.1 Å². The summed E-state index contributed by atoms with van der Waals surface area (Å²) in [6, 6.07) is 75.5. The van der Waals surface area contributed by atoms with Crippen molar-refractivity contribution in [1.29, 1.82) is 0 Å². The Morgan fingerprint density at radius 1 is 0.515 bits per heavy atom. The Kier molecular flexibility index (Phi) is 9.09. The largest absolute Gasteiger partial charge is 0.335 e. The second kappa shape index (κ2) is 15.1. The molecule has 4 heteroatoms. The van der Waals surface area contributed by atoms with E-state index in [0.717, 1.165) is 17.1 Å². The van der Waals surface area contributed by atoms with E-state index in [4.69, 9.17) is 0 Å². The topological polar surface area (TPSA) is 9.72 Å². The molecule has 0 radical (unpaired) electrons. The molecule has 3 aliphatic heterocycles. The molecule has 0 saturated heterocycles. The van der Waals surface area contributed by atoms with Crippen LogP contribution in [0, 0.1) is 0 Å². The van der Waals surface area contributed by atoms with Gasteiger partial charge >= 0.3 is 0 Å². The second-order valence-corrected chi connectivity index (χ2v) is 21.2. The van der Waals surface area contributed by atoms with Gasteiger partial charge in [-0.3, -0.25) is 0 Å². The minimum atomic E-state index is -0.00177. The summed E-state index contributed by atoms with van der Waals surface area (Å²) in [6.07, 6.45) is 4.95. The van der Waals surface area contributed by atoms with Gasteiger partial charge in [0.05, 0.1) is 5.54 Å². The monoisotopic (exact) mass is 877 g/mol. The van der Waals surface area contributed by atoms with Crippen LogP contribution in [0.4, 0.5) is 45.5 Å². The number of rotatable bonds is 6. The van der Waals surface area contributed by atoms with Crippen LogP contribution in [0.3, 0.4) is 0 Å². The van der Waals surface area contributed by atoms with Crippen molar-refractivity contribution >= 4 is 79.4 Å². The van der Waals surface area contributed by atoms with Crippen LogP contribution in [0.2, 0.25) is 0 Å². The van der Waals surface area contributed by atoms with Gasteiger partial charge in [-0.25, -0.2) is 0 Å². The third-order valence-electron chi connectivity index (χ3n) is 16.5. The summed E-state index contributed by atoms with van der Waals surface area (Å²) >= 11 is 0. The van der Waals surface area contributed by atoms with Gasteiger partial charge in [0.1, 0.15) is 0 Å². The van der Waals surface area contributed by atoms with Gasteiger partial charge in [0.2, 0.25) is 0 Å². The van der Waals surface area contributed by atoms with Crippen LogP contribution in [0.15, 0.2) is 200 Å². The molecule has 3 heterocycles. The van der Waals surface area contributed by atoms with Gasteiger partial charge in [-0.2, -0.15) is 0 Å². The van der Waals surface area contributed by atoms with Crippen molar-refractivity contribution in [3.05, 3.63) is 211 Å². The number of para-hydroxylation sites is 2. The Labute approximate surface area is 402 Å². The molecule has 0 spiro atoms. The molecule has 0 bridgehead atoms. The number of benzene rings is 9. The zero-order valence-electron chi connectivity index (χ0n) is 39.8. The molecule has 330 valence electrons. The van der Waals surface area contributed by atoms with E-state index in [1.807, 2.05) is 0 Å². The Bertz CT molecular complexity index is 3450. The lowest BCUT2D eigenvalue weighted by atomic mass is 9.33. The Hall–Kier alpha value is -7.30. The maximum atomic E-state index is 2.81. The molecule has 9 aromatic rings. The molecule has 2 unspecified atom stereocenters. The van der Waals surface area contributed by atoms with Gasteiger partial charge in [-0.1, -0.05) is 168 Å². The highest BCUT2D eigenvalue weighted by Gasteiger charge is 2.61. The SMILES string of the molecule is CC(C)(C)c1ccc(N(c2cccc(-c3cc(-c4ccccc4)cc4ccccc34)c2)c2ccc3c(c2)N(c2ccccc2)c2cccc4c2B3c2cccc3c2N4C2(C)CCCCC32C)cc1. The summed E-state index contributed by atoms with van der Waals surface area (Å²) in [5.41, 5.74) is 21.8.